The summed E-state index contributed by atoms with van der Waals surface area (Å²) in [6.45, 7) is 0. The Bertz CT molecular complexity index is 396. The van der Waals surface area contributed by atoms with Crippen molar-refractivity contribution < 1.29 is 14.6 Å². The molecule has 1 aromatic rings. The van der Waals surface area contributed by atoms with Crippen LogP contribution in [0.15, 0.2) is 24.3 Å². The van der Waals surface area contributed by atoms with E-state index >= 15 is 0 Å². The summed E-state index contributed by atoms with van der Waals surface area (Å²) in [6, 6.07) is 7.68. The average Bonchev–Trinajstić information content (AvgIpc) is 2.26. The third-order valence-electron chi connectivity index (χ3n) is 3.63. The molecule has 17 heavy (non-hydrogen) atoms. The minimum absolute atomic E-state index is 0.240. The van der Waals surface area contributed by atoms with Crippen molar-refractivity contribution in [1.82, 2.24) is 0 Å². The first-order chi connectivity index (χ1) is 8.20. The van der Waals surface area contributed by atoms with Crippen molar-refractivity contribution in [1.29, 1.82) is 0 Å². The molecular weight excluding hydrogens is 216 g/mol. The van der Waals surface area contributed by atoms with Gasteiger partial charge in [0.2, 0.25) is 0 Å². The second-order valence-electron chi connectivity index (χ2n) is 4.69. The van der Waals surface area contributed by atoms with Gasteiger partial charge in [0.1, 0.15) is 5.75 Å². The van der Waals surface area contributed by atoms with Gasteiger partial charge in [-0.1, -0.05) is 18.6 Å². The van der Waals surface area contributed by atoms with E-state index in [2.05, 4.69) is 0 Å². The van der Waals surface area contributed by atoms with Crippen LogP contribution in [0.1, 0.15) is 24.8 Å². The van der Waals surface area contributed by atoms with Crippen molar-refractivity contribution in [3.63, 3.8) is 0 Å². The number of rotatable bonds is 5. The zero-order valence-corrected chi connectivity index (χ0v) is 10.1. The highest BCUT2D eigenvalue weighted by Gasteiger charge is 2.32. The summed E-state index contributed by atoms with van der Waals surface area (Å²) in [5.41, 5.74) is 1.05. The van der Waals surface area contributed by atoms with E-state index in [4.69, 9.17) is 4.74 Å². The lowest BCUT2D eigenvalue weighted by atomic mass is 9.73. The third-order valence-corrected chi connectivity index (χ3v) is 3.63. The summed E-state index contributed by atoms with van der Waals surface area (Å²) in [6.07, 6.45) is 3.89. The molecule has 1 saturated carbocycles. The van der Waals surface area contributed by atoms with Crippen molar-refractivity contribution in [2.75, 3.05) is 7.11 Å². The van der Waals surface area contributed by atoms with Crippen molar-refractivity contribution in [3.05, 3.63) is 29.8 Å². The maximum atomic E-state index is 11.3. The molecule has 1 aromatic carbocycles. The van der Waals surface area contributed by atoms with E-state index in [0.717, 1.165) is 24.2 Å². The fourth-order valence-corrected chi connectivity index (χ4v) is 2.35. The van der Waals surface area contributed by atoms with Crippen molar-refractivity contribution in [2.24, 2.45) is 11.8 Å². The van der Waals surface area contributed by atoms with Gasteiger partial charge in [0.25, 0.3) is 0 Å². The van der Waals surface area contributed by atoms with Crippen LogP contribution in [0, 0.1) is 11.8 Å². The number of benzene rings is 1. The third kappa shape index (κ3) is 2.78. The SMILES string of the molecule is COc1cccc(CC(C(=O)O)C2CCC2)c1. The first-order valence-electron chi connectivity index (χ1n) is 6.06. The van der Waals surface area contributed by atoms with Crippen LogP contribution in [0.3, 0.4) is 0 Å². The summed E-state index contributed by atoms with van der Waals surface area (Å²) in [4.78, 5) is 11.3. The molecule has 1 unspecified atom stereocenters. The Balaban J connectivity index is 2.08. The van der Waals surface area contributed by atoms with E-state index in [1.807, 2.05) is 24.3 Å². The Kier molecular flexibility index (Phi) is 3.67. The molecule has 0 bridgehead atoms. The van der Waals surface area contributed by atoms with E-state index in [0.29, 0.717) is 12.3 Å². The maximum absolute atomic E-state index is 11.3. The van der Waals surface area contributed by atoms with Gasteiger partial charge in [-0.05, 0) is 42.9 Å². The van der Waals surface area contributed by atoms with Crippen LogP contribution in [0.2, 0.25) is 0 Å². The van der Waals surface area contributed by atoms with Gasteiger partial charge in [0.15, 0.2) is 0 Å². The molecule has 92 valence electrons. The number of carbonyl (C=O) groups is 1. The molecule has 0 spiro atoms. The molecular formula is C14H18O3. The fraction of sp³-hybridized carbons (Fsp3) is 0.500. The van der Waals surface area contributed by atoms with Crippen LogP contribution in [0.25, 0.3) is 0 Å². The van der Waals surface area contributed by atoms with Crippen LogP contribution < -0.4 is 4.74 Å². The van der Waals surface area contributed by atoms with Gasteiger partial charge in [-0.15, -0.1) is 0 Å². The predicted octanol–water partition coefficient (Wildman–Crippen LogP) is 2.74. The van der Waals surface area contributed by atoms with Crippen molar-refractivity contribution in [3.8, 4) is 5.75 Å². The highest BCUT2D eigenvalue weighted by molar-refractivity contribution is 5.71. The Morgan fingerprint density at radius 2 is 2.29 bits per heavy atom. The van der Waals surface area contributed by atoms with Gasteiger partial charge in [-0.25, -0.2) is 0 Å². The second-order valence-corrected chi connectivity index (χ2v) is 4.69. The van der Waals surface area contributed by atoms with E-state index in [9.17, 15) is 9.90 Å². The van der Waals surface area contributed by atoms with Crippen LogP contribution in [0.5, 0.6) is 5.75 Å². The first-order valence-corrected chi connectivity index (χ1v) is 6.06. The lowest BCUT2D eigenvalue weighted by Crippen LogP contribution is -2.30. The zero-order valence-electron chi connectivity index (χ0n) is 10.1. The van der Waals surface area contributed by atoms with E-state index in [1.54, 1.807) is 7.11 Å². The largest absolute Gasteiger partial charge is 0.497 e. The van der Waals surface area contributed by atoms with Gasteiger partial charge in [0, 0.05) is 0 Å². The molecule has 1 atom stereocenters. The first kappa shape index (κ1) is 12.0. The number of ether oxygens (including phenoxy) is 1. The summed E-state index contributed by atoms with van der Waals surface area (Å²) < 4.78 is 5.15. The molecule has 0 aromatic heterocycles. The number of hydrogen-bond acceptors (Lipinski definition) is 2. The van der Waals surface area contributed by atoms with E-state index < -0.39 is 5.97 Å². The summed E-state index contributed by atoms with van der Waals surface area (Å²) in [5, 5.41) is 9.27. The monoisotopic (exact) mass is 234 g/mol. The highest BCUT2D eigenvalue weighted by atomic mass is 16.5. The molecule has 0 heterocycles. The Morgan fingerprint density at radius 3 is 2.82 bits per heavy atom. The number of methoxy groups -OCH3 is 1. The quantitative estimate of drug-likeness (QED) is 0.852. The molecule has 0 aliphatic heterocycles. The normalized spacial score (nSPS) is 17.2. The van der Waals surface area contributed by atoms with Crippen molar-refractivity contribution >= 4 is 5.97 Å². The van der Waals surface area contributed by atoms with Crippen molar-refractivity contribution in [2.45, 2.75) is 25.7 Å². The molecule has 1 N–H and O–H groups in total. The van der Waals surface area contributed by atoms with E-state index in [1.165, 1.54) is 6.42 Å². The van der Waals surface area contributed by atoms with Gasteiger partial charge < -0.3 is 9.84 Å². The Hall–Kier alpha value is -1.51. The number of hydrogen-bond donors (Lipinski definition) is 1. The number of carboxylic acid groups (broad SMARTS) is 1. The summed E-state index contributed by atoms with van der Waals surface area (Å²) >= 11 is 0. The van der Waals surface area contributed by atoms with E-state index in [-0.39, 0.29) is 5.92 Å². The second kappa shape index (κ2) is 5.21. The van der Waals surface area contributed by atoms with Gasteiger partial charge in [-0.2, -0.15) is 0 Å². The van der Waals surface area contributed by atoms with Gasteiger partial charge in [-0.3, -0.25) is 4.79 Å². The minimum atomic E-state index is -0.669. The molecule has 3 heteroatoms. The van der Waals surface area contributed by atoms with Crippen LogP contribution in [-0.4, -0.2) is 18.2 Å². The molecule has 1 aliphatic carbocycles. The molecule has 2 rings (SSSR count). The molecule has 0 radical (unpaired) electrons. The van der Waals surface area contributed by atoms with Crippen LogP contribution in [-0.2, 0) is 11.2 Å². The molecule has 1 fully saturated rings. The maximum Gasteiger partial charge on any atom is 0.307 e. The molecule has 1 aliphatic rings. The molecule has 0 amide bonds. The molecule has 3 nitrogen and oxygen atoms in total. The predicted molar refractivity (Wildman–Crippen MR) is 65.2 cm³/mol. The fourth-order valence-electron chi connectivity index (χ4n) is 2.35. The van der Waals surface area contributed by atoms with Gasteiger partial charge >= 0.3 is 5.97 Å². The Morgan fingerprint density at radius 1 is 1.53 bits per heavy atom. The Labute approximate surface area is 101 Å². The smallest absolute Gasteiger partial charge is 0.307 e. The van der Waals surface area contributed by atoms with Crippen LogP contribution in [0.4, 0.5) is 0 Å². The summed E-state index contributed by atoms with van der Waals surface area (Å²) in [5.74, 6) is 0.243. The highest BCUT2D eigenvalue weighted by Crippen LogP contribution is 2.35. The topological polar surface area (TPSA) is 46.5 Å². The van der Waals surface area contributed by atoms with Crippen LogP contribution >= 0.6 is 0 Å². The standard InChI is InChI=1S/C14H18O3/c1-17-12-7-2-4-10(8-12)9-13(14(15)16)11-5-3-6-11/h2,4,7-8,11,13H,3,5-6,9H2,1H3,(H,15,16). The minimum Gasteiger partial charge on any atom is -0.497 e. The lowest BCUT2D eigenvalue weighted by Gasteiger charge is -2.31. The lowest BCUT2D eigenvalue weighted by molar-refractivity contribution is -0.144. The van der Waals surface area contributed by atoms with Gasteiger partial charge in [0.05, 0.1) is 13.0 Å². The number of carboxylic acids is 1. The summed E-state index contributed by atoms with van der Waals surface area (Å²) in [7, 11) is 1.62. The zero-order chi connectivity index (χ0) is 12.3. The number of aliphatic carboxylic acids is 1. The average molecular weight is 234 g/mol. The molecule has 0 saturated heterocycles.